The minimum atomic E-state index is -0.0217. The van der Waals surface area contributed by atoms with Gasteiger partial charge in [-0.1, -0.05) is 36.0 Å². The first-order chi connectivity index (χ1) is 15.3. The molecule has 7 nitrogen and oxygen atoms in total. The first-order valence-electron chi connectivity index (χ1n) is 10.6. The van der Waals surface area contributed by atoms with Gasteiger partial charge in [0.05, 0.1) is 11.4 Å². The van der Waals surface area contributed by atoms with E-state index in [9.17, 15) is 4.79 Å². The van der Waals surface area contributed by atoms with Crippen molar-refractivity contribution in [2.45, 2.75) is 30.3 Å². The zero-order chi connectivity index (χ0) is 21.0. The summed E-state index contributed by atoms with van der Waals surface area (Å²) < 4.78 is 13.1. The van der Waals surface area contributed by atoms with Gasteiger partial charge < -0.3 is 14.8 Å². The number of thioether (sulfide) groups is 1. The summed E-state index contributed by atoms with van der Waals surface area (Å²) in [4.78, 5) is 17.0. The van der Waals surface area contributed by atoms with Crippen LogP contribution in [0.4, 0.5) is 0 Å². The Kier molecular flexibility index (Phi) is 5.80. The van der Waals surface area contributed by atoms with Crippen LogP contribution in [0, 0.1) is 0 Å². The van der Waals surface area contributed by atoms with E-state index in [0.29, 0.717) is 36.6 Å². The third-order valence-corrected chi connectivity index (χ3v) is 6.07. The Bertz CT molecular complexity index is 1070. The van der Waals surface area contributed by atoms with Gasteiger partial charge in [-0.05, 0) is 49.1 Å². The smallest absolute Gasteiger partial charge is 0.230 e. The largest absolute Gasteiger partial charge is 0.486 e. The van der Waals surface area contributed by atoms with Crippen LogP contribution in [-0.2, 0) is 11.2 Å². The van der Waals surface area contributed by atoms with E-state index in [1.807, 2.05) is 53.2 Å². The Balaban J connectivity index is 1.13. The third kappa shape index (κ3) is 4.85. The monoisotopic (exact) mass is 436 g/mol. The summed E-state index contributed by atoms with van der Waals surface area (Å²) in [6.45, 7) is 1.72. The molecule has 0 unspecified atom stereocenters. The molecule has 3 aromatic rings. The second-order valence-corrected chi connectivity index (χ2v) is 8.58. The summed E-state index contributed by atoms with van der Waals surface area (Å²) in [6, 6.07) is 15.9. The molecule has 0 radical (unpaired) electrons. The molecule has 2 aromatic carbocycles. The number of rotatable bonds is 8. The van der Waals surface area contributed by atoms with Gasteiger partial charge in [-0.3, -0.25) is 4.79 Å². The highest BCUT2D eigenvalue weighted by atomic mass is 32.2. The Hall–Kier alpha value is -3.00. The Morgan fingerprint density at radius 1 is 1.10 bits per heavy atom. The van der Waals surface area contributed by atoms with Crippen molar-refractivity contribution in [2.75, 3.05) is 25.5 Å². The highest BCUT2D eigenvalue weighted by Crippen LogP contribution is 2.40. The lowest BCUT2D eigenvalue weighted by Crippen LogP contribution is -2.27. The highest BCUT2D eigenvalue weighted by Gasteiger charge is 2.30. The molecule has 2 heterocycles. The van der Waals surface area contributed by atoms with Crippen molar-refractivity contribution in [3.8, 4) is 17.2 Å². The number of fused-ring (bicyclic) bond motifs is 1. The number of para-hydroxylation sites is 1. The molecule has 0 spiro atoms. The van der Waals surface area contributed by atoms with E-state index >= 15 is 0 Å². The summed E-state index contributed by atoms with van der Waals surface area (Å²) in [5.41, 5.74) is 2.11. The summed E-state index contributed by atoms with van der Waals surface area (Å²) in [7, 11) is 0. The molecule has 160 valence electrons. The van der Waals surface area contributed by atoms with Crippen LogP contribution in [0.1, 0.15) is 30.1 Å². The van der Waals surface area contributed by atoms with Gasteiger partial charge in [-0.15, -0.1) is 5.10 Å². The van der Waals surface area contributed by atoms with Crippen molar-refractivity contribution in [1.82, 2.24) is 20.1 Å². The van der Waals surface area contributed by atoms with Gasteiger partial charge >= 0.3 is 0 Å². The van der Waals surface area contributed by atoms with E-state index in [-0.39, 0.29) is 5.91 Å². The van der Waals surface area contributed by atoms with Gasteiger partial charge in [-0.2, -0.15) is 0 Å². The van der Waals surface area contributed by atoms with Crippen LogP contribution < -0.4 is 14.8 Å². The minimum absolute atomic E-state index is 0.0217. The van der Waals surface area contributed by atoms with Crippen LogP contribution in [0.3, 0.4) is 0 Å². The van der Waals surface area contributed by atoms with Crippen molar-refractivity contribution in [1.29, 1.82) is 0 Å². The Morgan fingerprint density at radius 2 is 1.90 bits per heavy atom. The number of carbonyl (C=O) groups excluding carboxylic acids is 1. The average Bonchev–Trinajstić information content (AvgIpc) is 3.57. The molecule has 1 aliphatic carbocycles. The topological polar surface area (TPSA) is 78.3 Å². The average molecular weight is 437 g/mol. The van der Waals surface area contributed by atoms with E-state index in [1.54, 1.807) is 0 Å². The van der Waals surface area contributed by atoms with Crippen LogP contribution in [-0.4, -0.2) is 46.2 Å². The quantitative estimate of drug-likeness (QED) is 0.546. The van der Waals surface area contributed by atoms with Crippen molar-refractivity contribution in [2.24, 2.45) is 0 Å². The number of aromatic nitrogens is 3. The fourth-order valence-corrected chi connectivity index (χ4v) is 4.16. The van der Waals surface area contributed by atoms with E-state index in [2.05, 4.69) is 10.4 Å². The number of carbonyl (C=O) groups is 1. The molecule has 1 amide bonds. The van der Waals surface area contributed by atoms with Gasteiger partial charge in [0.1, 0.15) is 19.0 Å². The van der Waals surface area contributed by atoms with Gasteiger partial charge in [0.2, 0.25) is 11.1 Å². The number of nitrogens with one attached hydrogen (secondary N) is 1. The molecule has 1 aliphatic heterocycles. The molecular weight excluding hydrogens is 412 g/mol. The van der Waals surface area contributed by atoms with E-state index in [1.165, 1.54) is 11.8 Å². The molecule has 0 bridgehead atoms. The molecule has 2 aliphatic rings. The minimum Gasteiger partial charge on any atom is -0.486 e. The van der Waals surface area contributed by atoms with E-state index in [0.717, 1.165) is 47.8 Å². The number of hydrogen-bond donors (Lipinski definition) is 1. The highest BCUT2D eigenvalue weighted by molar-refractivity contribution is 7.99. The molecule has 0 atom stereocenters. The number of nitrogens with zero attached hydrogens (tertiary/aromatic N) is 3. The first-order valence-corrected chi connectivity index (χ1v) is 11.6. The number of hydrogen-bond acceptors (Lipinski definition) is 6. The molecule has 31 heavy (non-hydrogen) atoms. The van der Waals surface area contributed by atoms with Crippen LogP contribution in [0.2, 0.25) is 0 Å². The van der Waals surface area contributed by atoms with Crippen molar-refractivity contribution < 1.29 is 14.3 Å². The van der Waals surface area contributed by atoms with Crippen molar-refractivity contribution in [3.05, 3.63) is 59.9 Å². The summed E-state index contributed by atoms with van der Waals surface area (Å²) >= 11 is 1.38. The first kappa shape index (κ1) is 19.9. The fourth-order valence-electron chi connectivity index (χ4n) is 3.50. The number of benzene rings is 2. The second-order valence-electron chi connectivity index (χ2n) is 7.64. The maximum absolute atomic E-state index is 12.3. The summed E-state index contributed by atoms with van der Waals surface area (Å²) in [5.74, 6) is 3.30. The van der Waals surface area contributed by atoms with Crippen LogP contribution >= 0.6 is 11.8 Å². The molecule has 1 aromatic heterocycles. The maximum Gasteiger partial charge on any atom is 0.230 e. The molecule has 1 saturated carbocycles. The SMILES string of the molecule is O=C(CSc1nc(C2CC2)n(-c2ccccc2)n1)NCCc1ccc2c(c1)OCCO2. The molecule has 1 N–H and O–H groups in total. The zero-order valence-electron chi connectivity index (χ0n) is 17.1. The van der Waals surface area contributed by atoms with E-state index < -0.39 is 0 Å². The van der Waals surface area contributed by atoms with E-state index in [4.69, 9.17) is 14.5 Å². The standard InChI is InChI=1S/C23H24N4O3S/c28-21(24-11-10-16-6-9-19-20(14-16)30-13-12-29-19)15-31-23-25-22(17-7-8-17)27(26-23)18-4-2-1-3-5-18/h1-6,9,14,17H,7-8,10-13,15H2,(H,24,28). The lowest BCUT2D eigenvalue weighted by atomic mass is 10.1. The van der Waals surface area contributed by atoms with Gasteiger partial charge in [0.25, 0.3) is 0 Å². The van der Waals surface area contributed by atoms with Crippen LogP contribution in [0.25, 0.3) is 5.69 Å². The molecule has 8 heteroatoms. The molecule has 5 rings (SSSR count). The van der Waals surface area contributed by atoms with Gasteiger partial charge in [0.15, 0.2) is 11.5 Å². The Labute approximate surface area is 185 Å². The molecule has 0 saturated heterocycles. The van der Waals surface area contributed by atoms with Gasteiger partial charge in [0, 0.05) is 12.5 Å². The lowest BCUT2D eigenvalue weighted by Gasteiger charge is -2.18. The summed E-state index contributed by atoms with van der Waals surface area (Å²) in [5, 5.41) is 8.27. The number of ether oxygens (including phenoxy) is 2. The van der Waals surface area contributed by atoms with Crippen molar-refractivity contribution >= 4 is 17.7 Å². The predicted octanol–water partition coefficient (Wildman–Crippen LogP) is 3.37. The zero-order valence-corrected chi connectivity index (χ0v) is 17.9. The maximum atomic E-state index is 12.3. The molecule has 1 fully saturated rings. The normalized spacial score (nSPS) is 15.0. The fraction of sp³-hybridized carbons (Fsp3) is 0.348. The van der Waals surface area contributed by atoms with Crippen LogP contribution in [0.5, 0.6) is 11.5 Å². The predicted molar refractivity (Wildman–Crippen MR) is 118 cm³/mol. The molecular formula is C23H24N4O3S. The van der Waals surface area contributed by atoms with Gasteiger partial charge in [-0.25, -0.2) is 9.67 Å². The lowest BCUT2D eigenvalue weighted by molar-refractivity contribution is -0.118. The summed E-state index contributed by atoms with van der Waals surface area (Å²) in [6.07, 6.45) is 3.03. The van der Waals surface area contributed by atoms with Crippen LogP contribution in [0.15, 0.2) is 53.7 Å². The van der Waals surface area contributed by atoms with Crippen molar-refractivity contribution in [3.63, 3.8) is 0 Å². The third-order valence-electron chi connectivity index (χ3n) is 5.23. The number of amides is 1. The second kappa shape index (κ2) is 9.01. The Morgan fingerprint density at radius 3 is 2.71 bits per heavy atom.